The van der Waals surface area contributed by atoms with Crippen LogP contribution < -0.4 is 10.6 Å². The van der Waals surface area contributed by atoms with E-state index >= 15 is 0 Å². The van der Waals surface area contributed by atoms with Crippen LogP contribution >= 0.6 is 35.6 Å². The predicted molar refractivity (Wildman–Crippen MR) is 138 cm³/mol. The Bertz CT molecular complexity index is 786. The first kappa shape index (κ1) is 25.9. The summed E-state index contributed by atoms with van der Waals surface area (Å²) in [5, 5.41) is 17.3. The van der Waals surface area contributed by atoms with E-state index in [1.54, 1.807) is 7.05 Å². The van der Waals surface area contributed by atoms with Gasteiger partial charge in [-0.15, -0.1) is 24.0 Å². The number of nitrogens with zero attached hydrogens (tertiary/aromatic N) is 2. The van der Waals surface area contributed by atoms with Crippen molar-refractivity contribution < 1.29 is 9.84 Å². The van der Waals surface area contributed by atoms with Crippen molar-refractivity contribution in [2.75, 3.05) is 53.0 Å². The molecule has 2 aromatic carbocycles. The lowest BCUT2D eigenvalue weighted by Gasteiger charge is -2.35. The van der Waals surface area contributed by atoms with Crippen molar-refractivity contribution >= 4 is 41.5 Å². The number of aliphatic hydroxyl groups is 1. The Morgan fingerprint density at radius 3 is 2.29 bits per heavy atom. The third-order valence-electron chi connectivity index (χ3n) is 5.43. The van der Waals surface area contributed by atoms with Crippen LogP contribution in [0.15, 0.2) is 59.6 Å². The zero-order chi connectivity index (χ0) is 21.2. The van der Waals surface area contributed by atoms with E-state index in [4.69, 9.17) is 16.3 Å². The molecular weight excluding hydrogens is 527 g/mol. The number of rotatable bonds is 8. The molecule has 0 spiro atoms. The van der Waals surface area contributed by atoms with Crippen LogP contribution in [0.25, 0.3) is 0 Å². The number of morpholine rings is 1. The molecule has 1 saturated heterocycles. The normalized spacial score (nSPS) is 16.8. The summed E-state index contributed by atoms with van der Waals surface area (Å²) >= 11 is 6.09. The van der Waals surface area contributed by atoms with Crippen LogP contribution in [0, 0.1) is 0 Å². The lowest BCUT2D eigenvalue weighted by molar-refractivity contribution is 0.0170. The molecule has 8 heteroatoms. The van der Waals surface area contributed by atoms with Crippen molar-refractivity contribution in [3.05, 3.63) is 70.7 Å². The van der Waals surface area contributed by atoms with Crippen LogP contribution in [0.4, 0.5) is 0 Å². The minimum absolute atomic E-state index is 0. The van der Waals surface area contributed by atoms with E-state index in [2.05, 4.69) is 32.7 Å². The molecule has 3 N–H and O–H groups in total. The summed E-state index contributed by atoms with van der Waals surface area (Å²) in [7, 11) is 1.76. The van der Waals surface area contributed by atoms with Gasteiger partial charge in [0.05, 0.1) is 25.9 Å². The summed E-state index contributed by atoms with van der Waals surface area (Å²) in [6.07, 6.45) is 0. The zero-order valence-electron chi connectivity index (χ0n) is 17.8. The van der Waals surface area contributed by atoms with Crippen LogP contribution in [0.5, 0.6) is 0 Å². The van der Waals surface area contributed by atoms with Gasteiger partial charge in [-0.2, -0.15) is 0 Å². The predicted octanol–water partition coefficient (Wildman–Crippen LogP) is 3.27. The van der Waals surface area contributed by atoms with Gasteiger partial charge in [-0.3, -0.25) is 9.89 Å². The van der Waals surface area contributed by atoms with E-state index in [1.165, 1.54) is 5.56 Å². The lowest BCUT2D eigenvalue weighted by atomic mass is 10.0. The lowest BCUT2D eigenvalue weighted by Crippen LogP contribution is -2.47. The monoisotopic (exact) mass is 558 g/mol. The van der Waals surface area contributed by atoms with Crippen molar-refractivity contribution in [3.8, 4) is 0 Å². The van der Waals surface area contributed by atoms with E-state index < -0.39 is 0 Å². The van der Waals surface area contributed by atoms with E-state index in [9.17, 15) is 5.11 Å². The molecular formula is C23H32ClIN4O2. The number of ether oxygens (including phenoxy) is 1. The first-order valence-electron chi connectivity index (χ1n) is 10.4. The largest absolute Gasteiger partial charge is 0.396 e. The molecule has 170 valence electrons. The van der Waals surface area contributed by atoms with E-state index in [1.807, 2.05) is 42.5 Å². The number of benzene rings is 2. The van der Waals surface area contributed by atoms with Crippen LogP contribution in [-0.4, -0.2) is 69.0 Å². The highest BCUT2D eigenvalue weighted by Crippen LogP contribution is 2.23. The van der Waals surface area contributed by atoms with Crippen molar-refractivity contribution in [2.45, 2.75) is 12.0 Å². The molecule has 0 aromatic heterocycles. The molecule has 1 aliphatic heterocycles. The number of nitrogens with one attached hydrogen (secondary N) is 2. The van der Waals surface area contributed by atoms with Gasteiger partial charge in [0.25, 0.3) is 0 Å². The topological polar surface area (TPSA) is 69.1 Å². The van der Waals surface area contributed by atoms with Gasteiger partial charge >= 0.3 is 0 Å². The highest BCUT2D eigenvalue weighted by Gasteiger charge is 2.23. The zero-order valence-corrected chi connectivity index (χ0v) is 20.9. The fraction of sp³-hybridized carbons (Fsp3) is 0.435. The highest BCUT2D eigenvalue weighted by molar-refractivity contribution is 14.0. The average molecular weight is 559 g/mol. The maximum absolute atomic E-state index is 9.79. The van der Waals surface area contributed by atoms with Gasteiger partial charge in [-0.05, 0) is 23.3 Å². The Morgan fingerprint density at radius 1 is 1.03 bits per heavy atom. The summed E-state index contributed by atoms with van der Waals surface area (Å²) in [5.74, 6) is 0.729. The van der Waals surface area contributed by atoms with Crippen LogP contribution in [0.2, 0.25) is 5.02 Å². The molecule has 1 aliphatic rings. The first-order valence-corrected chi connectivity index (χ1v) is 10.8. The van der Waals surface area contributed by atoms with E-state index in [0.29, 0.717) is 13.1 Å². The van der Waals surface area contributed by atoms with Crippen molar-refractivity contribution in [1.82, 2.24) is 15.5 Å². The van der Waals surface area contributed by atoms with Crippen molar-refractivity contribution in [1.29, 1.82) is 0 Å². The number of aliphatic imine (C=N–C) groups is 1. The SMILES string of the molecule is CN=C(NCC(CO)c1ccccc1)NCC(c1ccc(Cl)cc1)N1CCOCC1.I. The Kier molecular flexibility index (Phi) is 11.6. The number of hydrogen-bond donors (Lipinski definition) is 3. The van der Waals surface area contributed by atoms with Gasteiger partial charge in [0, 0.05) is 44.2 Å². The van der Waals surface area contributed by atoms with Gasteiger partial charge in [0.15, 0.2) is 5.96 Å². The quantitative estimate of drug-likeness (QED) is 0.264. The fourth-order valence-corrected chi connectivity index (χ4v) is 3.80. The second-order valence-corrected chi connectivity index (χ2v) is 7.78. The molecule has 0 amide bonds. The van der Waals surface area contributed by atoms with Gasteiger partial charge in [0.2, 0.25) is 0 Å². The van der Waals surface area contributed by atoms with Crippen LogP contribution in [0.3, 0.4) is 0 Å². The third kappa shape index (κ3) is 7.91. The molecule has 1 heterocycles. The van der Waals surface area contributed by atoms with Crippen LogP contribution in [-0.2, 0) is 4.74 Å². The Labute approximate surface area is 207 Å². The minimum atomic E-state index is 0. The first-order chi connectivity index (χ1) is 14.7. The minimum Gasteiger partial charge on any atom is -0.396 e. The van der Waals surface area contributed by atoms with E-state index in [0.717, 1.165) is 42.8 Å². The number of guanidine groups is 1. The van der Waals surface area contributed by atoms with E-state index in [-0.39, 0.29) is 42.5 Å². The average Bonchev–Trinajstić information content (AvgIpc) is 2.80. The van der Waals surface area contributed by atoms with Gasteiger partial charge < -0.3 is 20.5 Å². The highest BCUT2D eigenvalue weighted by atomic mass is 127. The summed E-state index contributed by atoms with van der Waals surface area (Å²) in [6.45, 7) is 4.65. The van der Waals surface area contributed by atoms with Gasteiger partial charge in [-0.1, -0.05) is 54.1 Å². The summed E-state index contributed by atoms with van der Waals surface area (Å²) < 4.78 is 5.53. The van der Waals surface area contributed by atoms with Gasteiger partial charge in [-0.25, -0.2) is 0 Å². The maximum Gasteiger partial charge on any atom is 0.191 e. The van der Waals surface area contributed by atoms with Crippen molar-refractivity contribution in [2.24, 2.45) is 4.99 Å². The summed E-state index contributed by atoms with van der Waals surface area (Å²) in [4.78, 5) is 6.79. The van der Waals surface area contributed by atoms with Crippen molar-refractivity contribution in [3.63, 3.8) is 0 Å². The maximum atomic E-state index is 9.79. The third-order valence-corrected chi connectivity index (χ3v) is 5.69. The smallest absolute Gasteiger partial charge is 0.191 e. The molecule has 2 unspecified atom stereocenters. The molecule has 0 aliphatic carbocycles. The molecule has 3 rings (SSSR count). The Morgan fingerprint density at radius 2 is 1.68 bits per heavy atom. The number of hydrogen-bond acceptors (Lipinski definition) is 4. The molecule has 1 fully saturated rings. The molecule has 0 saturated carbocycles. The molecule has 31 heavy (non-hydrogen) atoms. The molecule has 6 nitrogen and oxygen atoms in total. The molecule has 0 bridgehead atoms. The number of halogens is 2. The Hall–Kier alpha value is -1.39. The summed E-state index contributed by atoms with van der Waals surface area (Å²) in [6, 6.07) is 18.2. The van der Waals surface area contributed by atoms with Crippen LogP contribution in [0.1, 0.15) is 23.1 Å². The van der Waals surface area contributed by atoms with Gasteiger partial charge in [0.1, 0.15) is 0 Å². The summed E-state index contributed by atoms with van der Waals surface area (Å²) in [5.41, 5.74) is 2.32. The number of aliphatic hydroxyl groups excluding tert-OH is 1. The molecule has 0 radical (unpaired) electrons. The molecule has 2 aromatic rings. The fourth-order valence-electron chi connectivity index (χ4n) is 3.68. The second kappa shape index (κ2) is 13.9. The second-order valence-electron chi connectivity index (χ2n) is 7.34. The molecule has 2 atom stereocenters. The Balaban J connectivity index is 0.00000341. The standard InChI is InChI=1S/C23H31ClN4O2.HI/c1-25-23(26-15-20(17-29)18-5-3-2-4-6-18)27-16-22(28-11-13-30-14-12-28)19-7-9-21(24)10-8-19;/h2-10,20,22,29H,11-17H2,1H3,(H2,25,26,27);1H.